The molecule has 58 valence electrons. The Morgan fingerprint density at radius 1 is 1.73 bits per heavy atom. The highest BCUT2D eigenvalue weighted by Crippen LogP contribution is 1.86. The quantitative estimate of drug-likeness (QED) is 0.642. The fraction of sp³-hybridized carbons (Fsp3) is 0.143. The molecular weight excluding hydrogens is 144 g/mol. The minimum atomic E-state index is -0.926. The third-order valence-electron chi connectivity index (χ3n) is 1.14. The van der Waals surface area contributed by atoms with Gasteiger partial charge in [0, 0.05) is 25.0 Å². The molecule has 0 saturated carbocycles. The number of aliphatic carboxylic acids is 1. The van der Waals surface area contributed by atoms with Crippen LogP contribution in [0.4, 0.5) is 0 Å². The molecule has 0 fully saturated rings. The van der Waals surface area contributed by atoms with Crippen molar-refractivity contribution in [1.82, 2.24) is 9.55 Å². The predicted octanol–water partition coefficient (Wildman–Crippen LogP) is 0.524. The third kappa shape index (κ3) is 2.66. The van der Waals surface area contributed by atoms with Crippen LogP contribution in [0, 0.1) is 0 Å². The van der Waals surface area contributed by atoms with E-state index in [4.69, 9.17) is 5.11 Å². The van der Waals surface area contributed by atoms with Gasteiger partial charge in [-0.15, -0.1) is 0 Å². The van der Waals surface area contributed by atoms with E-state index < -0.39 is 5.97 Å². The summed E-state index contributed by atoms with van der Waals surface area (Å²) in [7, 11) is 0. The number of hydrogen-bond donors (Lipinski definition) is 1. The zero-order valence-corrected chi connectivity index (χ0v) is 5.84. The summed E-state index contributed by atoms with van der Waals surface area (Å²) in [6, 6.07) is 0. The Kier molecular flexibility index (Phi) is 2.43. The van der Waals surface area contributed by atoms with Crippen LogP contribution in [-0.4, -0.2) is 20.6 Å². The molecule has 0 amide bonds. The average Bonchev–Trinajstić information content (AvgIpc) is 2.39. The van der Waals surface area contributed by atoms with E-state index in [1.165, 1.54) is 0 Å². The van der Waals surface area contributed by atoms with E-state index in [0.717, 1.165) is 6.08 Å². The van der Waals surface area contributed by atoms with Gasteiger partial charge >= 0.3 is 5.97 Å². The molecular formula is C7H8N2O2. The van der Waals surface area contributed by atoms with Gasteiger partial charge in [-0.3, -0.25) is 0 Å². The van der Waals surface area contributed by atoms with E-state index in [2.05, 4.69) is 4.98 Å². The van der Waals surface area contributed by atoms with Gasteiger partial charge in [-0.05, 0) is 0 Å². The maximum atomic E-state index is 10.0. The highest BCUT2D eigenvalue weighted by molar-refractivity contribution is 5.79. The Balaban J connectivity index is 2.40. The summed E-state index contributed by atoms with van der Waals surface area (Å²) in [5.41, 5.74) is 0. The van der Waals surface area contributed by atoms with E-state index in [9.17, 15) is 4.79 Å². The van der Waals surface area contributed by atoms with Crippen molar-refractivity contribution in [3.05, 3.63) is 30.9 Å². The minimum absolute atomic E-state index is 0.548. The number of nitrogens with zero attached hydrogens (tertiary/aromatic N) is 2. The van der Waals surface area contributed by atoms with Crippen LogP contribution in [0.5, 0.6) is 0 Å². The zero-order valence-electron chi connectivity index (χ0n) is 5.84. The first-order chi connectivity index (χ1) is 5.29. The summed E-state index contributed by atoms with van der Waals surface area (Å²) in [6.07, 6.45) is 7.72. The fourth-order valence-electron chi connectivity index (χ4n) is 0.670. The molecule has 1 aromatic rings. The number of aromatic nitrogens is 2. The van der Waals surface area contributed by atoms with Crippen LogP contribution in [0.1, 0.15) is 0 Å². The molecule has 1 N–H and O–H groups in total. The maximum Gasteiger partial charge on any atom is 0.328 e. The molecule has 11 heavy (non-hydrogen) atoms. The predicted molar refractivity (Wildman–Crippen MR) is 39.0 cm³/mol. The topological polar surface area (TPSA) is 55.1 Å². The monoisotopic (exact) mass is 152 g/mol. The molecule has 0 aliphatic heterocycles. The van der Waals surface area contributed by atoms with E-state index >= 15 is 0 Å². The molecule has 4 heteroatoms. The van der Waals surface area contributed by atoms with Gasteiger partial charge in [0.2, 0.25) is 0 Å². The molecule has 0 saturated heterocycles. The SMILES string of the molecule is O=C(O)/C=C\Cn1ccnc1. The smallest absolute Gasteiger partial charge is 0.328 e. The normalized spacial score (nSPS) is 10.5. The number of carbonyl (C=O) groups is 1. The molecule has 4 nitrogen and oxygen atoms in total. The first-order valence-corrected chi connectivity index (χ1v) is 3.14. The first-order valence-electron chi connectivity index (χ1n) is 3.14. The largest absolute Gasteiger partial charge is 0.478 e. The van der Waals surface area contributed by atoms with E-state index in [0.29, 0.717) is 6.54 Å². The number of carboxylic acids is 1. The van der Waals surface area contributed by atoms with Crippen molar-refractivity contribution in [3.63, 3.8) is 0 Å². The van der Waals surface area contributed by atoms with Gasteiger partial charge < -0.3 is 9.67 Å². The average molecular weight is 152 g/mol. The lowest BCUT2D eigenvalue weighted by Crippen LogP contribution is -1.92. The standard InChI is InChI=1S/C7H8N2O2/c10-7(11)2-1-4-9-5-3-8-6-9/h1-3,5-6H,4H2,(H,10,11)/b2-1-. The lowest BCUT2D eigenvalue weighted by molar-refractivity contribution is -0.131. The molecule has 1 rings (SSSR count). The number of allylic oxidation sites excluding steroid dienone is 1. The van der Waals surface area contributed by atoms with E-state index in [1.54, 1.807) is 29.4 Å². The second kappa shape index (κ2) is 3.55. The van der Waals surface area contributed by atoms with Gasteiger partial charge in [0.25, 0.3) is 0 Å². The van der Waals surface area contributed by atoms with Gasteiger partial charge in [-0.1, -0.05) is 6.08 Å². The Morgan fingerprint density at radius 3 is 3.09 bits per heavy atom. The van der Waals surface area contributed by atoms with Crippen molar-refractivity contribution in [2.24, 2.45) is 0 Å². The van der Waals surface area contributed by atoms with Crippen LogP contribution in [0.15, 0.2) is 30.9 Å². The molecule has 0 atom stereocenters. The van der Waals surface area contributed by atoms with Crippen molar-refractivity contribution in [1.29, 1.82) is 0 Å². The minimum Gasteiger partial charge on any atom is -0.478 e. The lowest BCUT2D eigenvalue weighted by Gasteiger charge is -1.91. The Morgan fingerprint density at radius 2 is 2.55 bits per heavy atom. The maximum absolute atomic E-state index is 10.0. The van der Waals surface area contributed by atoms with Crippen LogP contribution < -0.4 is 0 Å². The molecule has 1 aromatic heterocycles. The van der Waals surface area contributed by atoms with E-state index in [-0.39, 0.29) is 0 Å². The van der Waals surface area contributed by atoms with Gasteiger partial charge in [-0.2, -0.15) is 0 Å². The second-order valence-electron chi connectivity index (χ2n) is 2.00. The summed E-state index contributed by atoms with van der Waals surface area (Å²) in [6.45, 7) is 0.548. The van der Waals surface area contributed by atoms with Crippen LogP contribution in [0.2, 0.25) is 0 Å². The summed E-state index contributed by atoms with van der Waals surface area (Å²) in [5, 5.41) is 8.23. The Hall–Kier alpha value is -1.58. The highest BCUT2D eigenvalue weighted by atomic mass is 16.4. The molecule has 0 radical (unpaired) electrons. The van der Waals surface area contributed by atoms with Crippen molar-refractivity contribution in [2.45, 2.75) is 6.54 Å². The second-order valence-corrected chi connectivity index (χ2v) is 2.00. The van der Waals surface area contributed by atoms with Crippen molar-refractivity contribution >= 4 is 5.97 Å². The van der Waals surface area contributed by atoms with Crippen molar-refractivity contribution in [2.75, 3.05) is 0 Å². The van der Waals surface area contributed by atoms with Crippen LogP contribution in [0.3, 0.4) is 0 Å². The summed E-state index contributed by atoms with van der Waals surface area (Å²) < 4.78 is 1.78. The molecule has 0 spiro atoms. The number of hydrogen-bond acceptors (Lipinski definition) is 2. The highest BCUT2D eigenvalue weighted by Gasteiger charge is 1.86. The summed E-state index contributed by atoms with van der Waals surface area (Å²) in [5.74, 6) is -0.926. The van der Waals surface area contributed by atoms with Crippen LogP contribution >= 0.6 is 0 Å². The Labute approximate surface area is 63.8 Å². The molecule has 0 bridgehead atoms. The van der Waals surface area contributed by atoms with Gasteiger partial charge in [-0.25, -0.2) is 9.78 Å². The van der Waals surface area contributed by atoms with Crippen molar-refractivity contribution < 1.29 is 9.90 Å². The lowest BCUT2D eigenvalue weighted by atomic mass is 10.5. The van der Waals surface area contributed by atoms with E-state index in [1.807, 2.05) is 0 Å². The molecule has 0 aliphatic carbocycles. The first kappa shape index (κ1) is 7.53. The van der Waals surface area contributed by atoms with Gasteiger partial charge in [0.15, 0.2) is 0 Å². The fourth-order valence-corrected chi connectivity index (χ4v) is 0.670. The van der Waals surface area contributed by atoms with Gasteiger partial charge in [0.05, 0.1) is 6.33 Å². The summed E-state index contributed by atoms with van der Waals surface area (Å²) >= 11 is 0. The molecule has 0 aliphatic rings. The van der Waals surface area contributed by atoms with Crippen molar-refractivity contribution in [3.8, 4) is 0 Å². The Bertz CT molecular complexity index is 251. The molecule has 0 unspecified atom stereocenters. The molecule has 1 heterocycles. The number of carboxylic acid groups (broad SMARTS) is 1. The zero-order chi connectivity index (χ0) is 8.10. The summed E-state index contributed by atoms with van der Waals surface area (Å²) in [4.78, 5) is 13.8. The number of rotatable bonds is 3. The number of imidazole rings is 1. The molecule has 0 aromatic carbocycles. The third-order valence-corrected chi connectivity index (χ3v) is 1.14. The van der Waals surface area contributed by atoms with Crippen LogP contribution in [-0.2, 0) is 11.3 Å². The van der Waals surface area contributed by atoms with Crippen LogP contribution in [0.25, 0.3) is 0 Å². The van der Waals surface area contributed by atoms with Gasteiger partial charge in [0.1, 0.15) is 0 Å².